The van der Waals surface area contributed by atoms with Crippen LogP contribution in [0.5, 0.6) is 0 Å². The lowest BCUT2D eigenvalue weighted by Gasteiger charge is -2.33. The van der Waals surface area contributed by atoms with Gasteiger partial charge in [0.1, 0.15) is 0 Å². The van der Waals surface area contributed by atoms with Gasteiger partial charge >= 0.3 is 0 Å². The SMILES string of the molecule is C#CCN1CCCCC1C(=O)NCC1CCN(c2ccc(F)c(F)c2)C1. The number of rotatable bonds is 5. The van der Waals surface area contributed by atoms with E-state index in [-0.39, 0.29) is 11.9 Å². The summed E-state index contributed by atoms with van der Waals surface area (Å²) < 4.78 is 26.5. The monoisotopic (exact) mass is 361 g/mol. The first kappa shape index (κ1) is 18.7. The Hall–Kier alpha value is -2.13. The highest BCUT2D eigenvalue weighted by molar-refractivity contribution is 5.81. The van der Waals surface area contributed by atoms with E-state index in [2.05, 4.69) is 16.1 Å². The second-order valence-corrected chi connectivity index (χ2v) is 7.13. The van der Waals surface area contributed by atoms with Crippen LogP contribution in [-0.2, 0) is 4.79 Å². The number of piperidine rings is 1. The lowest BCUT2D eigenvalue weighted by molar-refractivity contribution is -0.127. The van der Waals surface area contributed by atoms with E-state index in [9.17, 15) is 13.6 Å². The molecule has 0 aliphatic carbocycles. The number of amides is 1. The van der Waals surface area contributed by atoms with Crippen LogP contribution in [0.2, 0.25) is 0 Å². The van der Waals surface area contributed by atoms with Crippen LogP contribution < -0.4 is 10.2 Å². The number of likely N-dealkylation sites (tertiary alicyclic amines) is 1. The van der Waals surface area contributed by atoms with Gasteiger partial charge in [0, 0.05) is 31.4 Å². The minimum Gasteiger partial charge on any atom is -0.371 e. The van der Waals surface area contributed by atoms with Gasteiger partial charge in [-0.25, -0.2) is 8.78 Å². The predicted molar refractivity (Wildman–Crippen MR) is 97.7 cm³/mol. The fourth-order valence-electron chi connectivity index (χ4n) is 3.87. The van der Waals surface area contributed by atoms with Gasteiger partial charge < -0.3 is 10.2 Å². The number of nitrogens with zero attached hydrogens (tertiary/aromatic N) is 2. The first-order valence-electron chi connectivity index (χ1n) is 9.23. The molecule has 0 radical (unpaired) electrons. The van der Waals surface area contributed by atoms with Crippen LogP contribution in [0.4, 0.5) is 14.5 Å². The van der Waals surface area contributed by atoms with Gasteiger partial charge in [-0.1, -0.05) is 12.3 Å². The fraction of sp³-hybridized carbons (Fsp3) is 0.550. The summed E-state index contributed by atoms with van der Waals surface area (Å²) in [7, 11) is 0. The van der Waals surface area contributed by atoms with Gasteiger partial charge in [0.05, 0.1) is 12.6 Å². The number of terminal acetylenes is 1. The Bertz CT molecular complexity index is 688. The molecule has 2 unspecified atom stereocenters. The largest absolute Gasteiger partial charge is 0.371 e. The van der Waals surface area contributed by atoms with Crippen LogP contribution in [0.15, 0.2) is 18.2 Å². The molecule has 1 amide bonds. The maximum Gasteiger partial charge on any atom is 0.237 e. The number of nitrogens with one attached hydrogen (secondary N) is 1. The molecule has 1 aromatic carbocycles. The fourth-order valence-corrected chi connectivity index (χ4v) is 3.87. The van der Waals surface area contributed by atoms with Crippen molar-refractivity contribution in [3.63, 3.8) is 0 Å². The van der Waals surface area contributed by atoms with E-state index in [1.54, 1.807) is 6.07 Å². The molecule has 2 fully saturated rings. The second-order valence-electron chi connectivity index (χ2n) is 7.13. The summed E-state index contributed by atoms with van der Waals surface area (Å²) in [6.45, 7) is 3.47. The highest BCUT2D eigenvalue weighted by Gasteiger charge is 2.29. The van der Waals surface area contributed by atoms with Crippen molar-refractivity contribution in [1.82, 2.24) is 10.2 Å². The topological polar surface area (TPSA) is 35.6 Å². The molecule has 2 saturated heterocycles. The van der Waals surface area contributed by atoms with E-state index in [0.29, 0.717) is 24.7 Å². The van der Waals surface area contributed by atoms with Crippen LogP contribution in [0, 0.1) is 29.9 Å². The summed E-state index contributed by atoms with van der Waals surface area (Å²) in [5, 5.41) is 3.07. The van der Waals surface area contributed by atoms with E-state index >= 15 is 0 Å². The van der Waals surface area contributed by atoms with Gasteiger partial charge in [0.25, 0.3) is 0 Å². The molecule has 0 spiro atoms. The smallest absolute Gasteiger partial charge is 0.237 e. The van der Waals surface area contributed by atoms with Crippen molar-refractivity contribution in [3.05, 3.63) is 29.8 Å². The zero-order valence-corrected chi connectivity index (χ0v) is 14.9. The summed E-state index contributed by atoms with van der Waals surface area (Å²) in [6, 6.07) is 3.85. The van der Waals surface area contributed by atoms with Crippen molar-refractivity contribution in [1.29, 1.82) is 0 Å². The average molecular weight is 361 g/mol. The molecule has 140 valence electrons. The maximum absolute atomic E-state index is 13.4. The first-order chi connectivity index (χ1) is 12.6. The Balaban J connectivity index is 1.50. The summed E-state index contributed by atoms with van der Waals surface area (Å²) in [5.41, 5.74) is 0.685. The second kappa shape index (κ2) is 8.50. The molecule has 2 aliphatic heterocycles. The molecule has 2 atom stereocenters. The van der Waals surface area contributed by atoms with Crippen LogP contribution in [0.3, 0.4) is 0 Å². The molecule has 2 aliphatic rings. The van der Waals surface area contributed by atoms with Crippen LogP contribution >= 0.6 is 0 Å². The molecule has 0 aromatic heterocycles. The van der Waals surface area contributed by atoms with Crippen molar-refractivity contribution in [2.45, 2.75) is 31.7 Å². The molecule has 26 heavy (non-hydrogen) atoms. The third kappa shape index (κ3) is 4.34. The normalized spacial score (nSPS) is 23.7. The van der Waals surface area contributed by atoms with E-state index in [0.717, 1.165) is 51.4 Å². The quantitative estimate of drug-likeness (QED) is 0.818. The van der Waals surface area contributed by atoms with Gasteiger partial charge in [-0.3, -0.25) is 9.69 Å². The Kier molecular flexibility index (Phi) is 6.10. The number of carbonyl (C=O) groups excluding carboxylic acids is 1. The van der Waals surface area contributed by atoms with Gasteiger partial charge in [0.2, 0.25) is 5.91 Å². The molecular weight excluding hydrogens is 336 g/mol. The van der Waals surface area contributed by atoms with Crippen molar-refractivity contribution < 1.29 is 13.6 Å². The van der Waals surface area contributed by atoms with E-state index in [1.165, 1.54) is 6.07 Å². The van der Waals surface area contributed by atoms with Crippen molar-refractivity contribution in [2.24, 2.45) is 5.92 Å². The summed E-state index contributed by atoms with van der Waals surface area (Å²) in [4.78, 5) is 16.7. The Morgan fingerprint density at radius 2 is 2.08 bits per heavy atom. The minimum absolute atomic E-state index is 0.0474. The molecule has 0 saturated carbocycles. The molecule has 0 bridgehead atoms. The molecule has 4 nitrogen and oxygen atoms in total. The van der Waals surface area contributed by atoms with E-state index < -0.39 is 11.6 Å². The number of anilines is 1. The van der Waals surface area contributed by atoms with E-state index in [4.69, 9.17) is 6.42 Å². The first-order valence-corrected chi connectivity index (χ1v) is 9.23. The zero-order valence-electron chi connectivity index (χ0n) is 14.9. The predicted octanol–water partition coefficient (Wildman–Crippen LogP) is 2.40. The lowest BCUT2D eigenvalue weighted by Crippen LogP contribution is -2.50. The van der Waals surface area contributed by atoms with E-state index in [1.807, 2.05) is 4.90 Å². The standard InChI is InChI=1S/C20H25F2N3O/c1-2-9-24-10-4-3-5-19(24)20(26)23-13-15-8-11-25(14-15)16-6-7-17(21)18(22)12-16/h1,6-7,12,15,19H,3-5,8-11,13-14H2,(H,23,26). The molecule has 6 heteroatoms. The summed E-state index contributed by atoms with van der Waals surface area (Å²) in [6.07, 6.45) is 9.30. The third-order valence-electron chi connectivity index (χ3n) is 5.33. The Morgan fingerprint density at radius 3 is 2.85 bits per heavy atom. The molecule has 1 aromatic rings. The molecular formula is C20H25F2N3O. The van der Waals surface area contributed by atoms with Gasteiger partial charge in [0.15, 0.2) is 11.6 Å². The van der Waals surface area contributed by atoms with Crippen molar-refractivity contribution >= 4 is 11.6 Å². The Labute approximate surface area is 153 Å². The zero-order chi connectivity index (χ0) is 18.5. The number of halogens is 2. The van der Waals surface area contributed by atoms with Crippen molar-refractivity contribution in [2.75, 3.05) is 37.6 Å². The lowest BCUT2D eigenvalue weighted by atomic mass is 10.0. The van der Waals surface area contributed by atoms with Crippen LogP contribution in [-0.4, -0.2) is 49.6 Å². The average Bonchev–Trinajstić information content (AvgIpc) is 3.12. The molecule has 2 heterocycles. The highest BCUT2D eigenvalue weighted by atomic mass is 19.2. The van der Waals surface area contributed by atoms with Crippen LogP contribution in [0.1, 0.15) is 25.7 Å². The summed E-state index contributed by atoms with van der Waals surface area (Å²) in [5.74, 6) is 1.32. The number of hydrogen-bond acceptors (Lipinski definition) is 3. The third-order valence-corrected chi connectivity index (χ3v) is 5.33. The van der Waals surface area contributed by atoms with Gasteiger partial charge in [-0.15, -0.1) is 6.42 Å². The van der Waals surface area contributed by atoms with Crippen molar-refractivity contribution in [3.8, 4) is 12.3 Å². The number of carbonyl (C=O) groups is 1. The summed E-state index contributed by atoms with van der Waals surface area (Å²) >= 11 is 0. The number of hydrogen-bond donors (Lipinski definition) is 1. The number of benzene rings is 1. The molecule has 3 rings (SSSR count). The Morgan fingerprint density at radius 1 is 1.23 bits per heavy atom. The van der Waals surface area contributed by atoms with Gasteiger partial charge in [-0.2, -0.15) is 0 Å². The van der Waals surface area contributed by atoms with Crippen LogP contribution in [0.25, 0.3) is 0 Å². The maximum atomic E-state index is 13.4. The highest BCUT2D eigenvalue weighted by Crippen LogP contribution is 2.25. The molecule has 1 N–H and O–H groups in total. The van der Waals surface area contributed by atoms with Gasteiger partial charge in [-0.05, 0) is 43.9 Å². The minimum atomic E-state index is -0.833.